The van der Waals surface area contributed by atoms with Crippen molar-refractivity contribution in [3.05, 3.63) is 11.6 Å². The molecular formula is C42H62O16. The number of hydrogen-bond donors (Lipinski definition) is 8. The summed E-state index contributed by atoms with van der Waals surface area (Å²) in [5, 5.41) is 83.1. The maximum absolute atomic E-state index is 14.8. The fourth-order valence-electron chi connectivity index (χ4n) is 13.4. The molecule has 0 aromatic carbocycles. The zero-order valence-corrected chi connectivity index (χ0v) is 34.4. The predicted octanol–water partition coefficient (Wildman–Crippen LogP) is 2.25. The minimum atomic E-state index is -2.06. The number of ketones is 1. The van der Waals surface area contributed by atoms with E-state index in [4.69, 9.17) is 18.9 Å². The van der Waals surface area contributed by atoms with Gasteiger partial charge in [-0.1, -0.05) is 47.1 Å². The molecule has 7 aliphatic rings. The highest BCUT2D eigenvalue weighted by Crippen LogP contribution is 2.75. The van der Waals surface area contributed by atoms with Crippen LogP contribution in [0.15, 0.2) is 11.6 Å². The van der Waals surface area contributed by atoms with E-state index in [9.17, 15) is 60.0 Å². The van der Waals surface area contributed by atoms with E-state index in [1.807, 2.05) is 26.8 Å². The Labute approximate surface area is 337 Å². The lowest BCUT2D eigenvalue weighted by atomic mass is 9.33. The van der Waals surface area contributed by atoms with Crippen molar-refractivity contribution in [1.29, 1.82) is 0 Å². The number of fused-ring (bicyclic) bond motifs is 7. The van der Waals surface area contributed by atoms with E-state index < -0.39 is 107 Å². The van der Waals surface area contributed by atoms with Crippen molar-refractivity contribution < 1.29 is 79.0 Å². The molecule has 5 aliphatic carbocycles. The van der Waals surface area contributed by atoms with Crippen LogP contribution in [0.25, 0.3) is 0 Å². The highest BCUT2D eigenvalue weighted by Gasteiger charge is 2.71. The maximum atomic E-state index is 14.8. The van der Waals surface area contributed by atoms with Crippen LogP contribution in [0.4, 0.5) is 0 Å². The van der Waals surface area contributed by atoms with Crippen LogP contribution in [0.3, 0.4) is 0 Å². The zero-order valence-electron chi connectivity index (χ0n) is 34.4. The average Bonchev–Trinajstić information content (AvgIpc) is 3.13. The summed E-state index contributed by atoms with van der Waals surface area (Å²) in [4.78, 5) is 51.4. The first kappa shape index (κ1) is 43.5. The largest absolute Gasteiger partial charge is 0.481 e. The molecule has 2 heterocycles. The van der Waals surface area contributed by atoms with Gasteiger partial charge in [0.25, 0.3) is 0 Å². The summed E-state index contributed by atoms with van der Waals surface area (Å²) < 4.78 is 22.8. The van der Waals surface area contributed by atoms with Gasteiger partial charge in [0.1, 0.15) is 36.6 Å². The van der Waals surface area contributed by atoms with Gasteiger partial charge in [-0.3, -0.25) is 9.59 Å². The van der Waals surface area contributed by atoms with Crippen molar-refractivity contribution in [2.24, 2.45) is 50.2 Å². The van der Waals surface area contributed by atoms with E-state index in [1.165, 1.54) is 0 Å². The number of carbonyl (C=O) groups excluding carboxylic acids is 1. The average molecular weight is 823 g/mol. The van der Waals surface area contributed by atoms with Gasteiger partial charge in [-0.25, -0.2) is 9.59 Å². The molecule has 8 N–H and O–H groups in total. The number of carboxylic acid groups (broad SMARTS) is 3. The molecule has 2 aliphatic heterocycles. The second-order valence-electron chi connectivity index (χ2n) is 20.6. The van der Waals surface area contributed by atoms with E-state index >= 15 is 0 Å². The molecule has 0 bridgehead atoms. The molecule has 16 nitrogen and oxygen atoms in total. The number of aliphatic carboxylic acids is 3. The highest BCUT2D eigenvalue weighted by molar-refractivity contribution is 5.95. The molecule has 7 rings (SSSR count). The van der Waals surface area contributed by atoms with Crippen molar-refractivity contribution in [2.75, 3.05) is 0 Å². The van der Waals surface area contributed by atoms with E-state index in [0.29, 0.717) is 25.7 Å². The second-order valence-corrected chi connectivity index (χ2v) is 20.6. The third kappa shape index (κ3) is 6.25. The lowest BCUT2D eigenvalue weighted by molar-refractivity contribution is -0.360. The monoisotopic (exact) mass is 822 g/mol. The molecule has 0 amide bonds. The first-order valence-electron chi connectivity index (χ1n) is 20.7. The topological polar surface area (TPSA) is 267 Å². The number of carboxylic acids is 3. The third-order valence-corrected chi connectivity index (χ3v) is 17.2. The quantitative estimate of drug-likeness (QED) is 0.171. The smallest absolute Gasteiger partial charge is 0.335 e. The SMILES string of the molecule is CC1(C)[C@H]2CC[C@]3(C)[C@H](C(=O)C=C4[C@H]5C[C@@](C)(C(=O)O)CC[C@]5(C)CC[C@@]43C)[C@]2(C)CC[C@H]1OC1O[C@H](C(=O)O)[C@@H](O[C@@H]2O[C@H](C(=O)O)[C@@H](O)[C@H](O)[C@H]2O)[C@H](O)[C@H]1O. The Morgan fingerprint density at radius 1 is 0.690 bits per heavy atom. The molecule has 1 unspecified atom stereocenters. The molecule has 58 heavy (non-hydrogen) atoms. The Bertz CT molecular complexity index is 1730. The minimum Gasteiger partial charge on any atom is -0.481 e. The Hall–Kier alpha value is -2.54. The fourth-order valence-corrected chi connectivity index (χ4v) is 13.4. The molecule has 19 atom stereocenters. The number of hydrogen-bond acceptors (Lipinski definition) is 13. The van der Waals surface area contributed by atoms with Gasteiger partial charge in [0.2, 0.25) is 0 Å². The second kappa shape index (κ2) is 14.3. The first-order valence-corrected chi connectivity index (χ1v) is 20.7. The molecule has 0 aromatic rings. The standard InChI is InChI=1S/C42H62O16/c1-37(2)21-8-11-42(7)31(20(43)16-18-19-17-39(4,36(53)54)13-12-38(19,3)14-15-41(18,42)6)40(21,5)10-9-22(37)55-34-27(48)25(46)28(30(58-34)33(51)52)56-35-26(47)23(44)24(45)29(57-35)32(49)50/h16,19,21-31,34-35,44-48H,8-15,17H2,1-7H3,(H,49,50)(H,51,52)(H,53,54)/t19-,21-,22-,23+,24+,25-,26-,27-,28+,29+,30+,31-,34?,35-,38-,39+,40-,41+,42-/m1/s1. The van der Waals surface area contributed by atoms with Crippen LogP contribution in [-0.4, -0.2) is 132 Å². The number of aliphatic hydroxyl groups excluding tert-OH is 5. The van der Waals surface area contributed by atoms with E-state index in [0.717, 1.165) is 37.7 Å². The van der Waals surface area contributed by atoms with E-state index in [-0.39, 0.29) is 34.4 Å². The molecular weight excluding hydrogens is 760 g/mol. The highest BCUT2D eigenvalue weighted by atomic mass is 16.7. The molecule has 326 valence electrons. The van der Waals surface area contributed by atoms with Crippen molar-refractivity contribution in [1.82, 2.24) is 0 Å². The number of carbonyl (C=O) groups is 4. The molecule has 16 heteroatoms. The predicted molar refractivity (Wildman–Crippen MR) is 199 cm³/mol. The number of allylic oxidation sites excluding steroid dienone is 2. The summed E-state index contributed by atoms with van der Waals surface area (Å²) in [6.07, 6.45) is -12.1. The summed E-state index contributed by atoms with van der Waals surface area (Å²) in [7, 11) is 0. The van der Waals surface area contributed by atoms with Gasteiger partial charge in [0.15, 0.2) is 30.6 Å². The van der Waals surface area contributed by atoms with Gasteiger partial charge >= 0.3 is 17.9 Å². The van der Waals surface area contributed by atoms with Crippen LogP contribution in [0.1, 0.15) is 106 Å². The van der Waals surface area contributed by atoms with E-state index in [2.05, 4.69) is 27.7 Å². The minimum absolute atomic E-state index is 0.00719. The molecule has 0 spiro atoms. The Morgan fingerprint density at radius 2 is 1.28 bits per heavy atom. The molecule has 0 radical (unpaired) electrons. The lowest BCUT2D eigenvalue weighted by Gasteiger charge is -2.70. The van der Waals surface area contributed by atoms with Crippen molar-refractivity contribution in [2.45, 2.75) is 174 Å². The van der Waals surface area contributed by atoms with Crippen LogP contribution in [0.2, 0.25) is 0 Å². The Kier molecular flexibility index (Phi) is 10.7. The zero-order chi connectivity index (χ0) is 42.9. The molecule has 6 fully saturated rings. The lowest BCUT2D eigenvalue weighted by Crippen LogP contribution is -2.68. The van der Waals surface area contributed by atoms with Gasteiger partial charge in [-0.15, -0.1) is 0 Å². The fraction of sp³-hybridized carbons (Fsp3) is 0.857. The molecule has 2 saturated heterocycles. The Balaban J connectivity index is 1.11. The maximum Gasteiger partial charge on any atom is 0.335 e. The number of aliphatic hydroxyl groups is 5. The summed E-state index contributed by atoms with van der Waals surface area (Å²) in [5.74, 6) is -4.42. The number of rotatable bonds is 7. The van der Waals surface area contributed by atoms with Gasteiger partial charge in [-0.2, -0.15) is 0 Å². The van der Waals surface area contributed by atoms with Gasteiger partial charge in [0.05, 0.1) is 11.5 Å². The van der Waals surface area contributed by atoms with Gasteiger partial charge in [-0.05, 0) is 110 Å². The third-order valence-electron chi connectivity index (χ3n) is 17.2. The summed E-state index contributed by atoms with van der Waals surface area (Å²) >= 11 is 0. The van der Waals surface area contributed by atoms with Crippen molar-refractivity contribution in [3.8, 4) is 0 Å². The normalized spacial score (nSPS) is 52.6. The van der Waals surface area contributed by atoms with Crippen LogP contribution < -0.4 is 0 Å². The van der Waals surface area contributed by atoms with Crippen LogP contribution in [0.5, 0.6) is 0 Å². The summed E-state index contributed by atoms with van der Waals surface area (Å²) in [6, 6.07) is 0. The van der Waals surface area contributed by atoms with Crippen LogP contribution >= 0.6 is 0 Å². The summed E-state index contributed by atoms with van der Waals surface area (Å²) in [6.45, 7) is 14.9. The molecule has 0 aromatic heterocycles. The molecule has 4 saturated carbocycles. The number of ether oxygens (including phenoxy) is 4. The van der Waals surface area contributed by atoms with Gasteiger partial charge < -0.3 is 59.8 Å². The van der Waals surface area contributed by atoms with Crippen LogP contribution in [-0.2, 0) is 38.1 Å². The summed E-state index contributed by atoms with van der Waals surface area (Å²) in [5.41, 5.74) is -1.63. The van der Waals surface area contributed by atoms with Gasteiger partial charge in [0, 0.05) is 5.92 Å². The Morgan fingerprint density at radius 3 is 1.90 bits per heavy atom. The van der Waals surface area contributed by atoms with Crippen molar-refractivity contribution in [3.63, 3.8) is 0 Å². The van der Waals surface area contributed by atoms with E-state index in [1.54, 1.807) is 0 Å². The van der Waals surface area contributed by atoms with Crippen molar-refractivity contribution >= 4 is 23.7 Å². The van der Waals surface area contributed by atoms with Crippen LogP contribution in [0, 0.1) is 50.2 Å². The first-order chi connectivity index (χ1) is 26.8.